The van der Waals surface area contributed by atoms with E-state index in [0.29, 0.717) is 11.3 Å². The van der Waals surface area contributed by atoms with Crippen molar-refractivity contribution in [3.05, 3.63) is 23.8 Å². The quantitative estimate of drug-likeness (QED) is 0.776. The molecule has 3 heteroatoms. The molecular weight excluding hydrogens is 178 g/mol. The first-order valence-electron chi connectivity index (χ1n) is 4.69. The van der Waals surface area contributed by atoms with Crippen molar-refractivity contribution in [2.75, 3.05) is 7.11 Å². The number of phenolic OH excluding ortho intramolecular Hbond substituents is 1. The van der Waals surface area contributed by atoms with Crippen molar-refractivity contribution in [1.29, 1.82) is 0 Å². The molecule has 0 spiro atoms. The molecule has 0 bridgehead atoms. The summed E-state index contributed by atoms with van der Waals surface area (Å²) in [7, 11) is 1.57. The number of methoxy groups -OCH3 is 1. The molecule has 0 amide bonds. The topological polar surface area (TPSA) is 55.5 Å². The molecule has 1 atom stereocenters. The highest BCUT2D eigenvalue weighted by Gasteiger charge is 2.18. The Morgan fingerprint density at radius 2 is 2.00 bits per heavy atom. The van der Waals surface area contributed by atoms with Gasteiger partial charge in [0.1, 0.15) is 11.5 Å². The Morgan fingerprint density at radius 3 is 2.50 bits per heavy atom. The van der Waals surface area contributed by atoms with Crippen LogP contribution in [0.5, 0.6) is 11.5 Å². The van der Waals surface area contributed by atoms with E-state index < -0.39 is 0 Å². The minimum Gasteiger partial charge on any atom is -0.507 e. The van der Waals surface area contributed by atoms with Crippen LogP contribution in [0.4, 0.5) is 0 Å². The molecule has 0 aliphatic heterocycles. The van der Waals surface area contributed by atoms with Gasteiger partial charge in [0.15, 0.2) is 0 Å². The van der Waals surface area contributed by atoms with E-state index in [4.69, 9.17) is 10.5 Å². The molecule has 0 aliphatic carbocycles. The minimum absolute atomic E-state index is 0.200. The van der Waals surface area contributed by atoms with Gasteiger partial charge in [0.2, 0.25) is 0 Å². The summed E-state index contributed by atoms with van der Waals surface area (Å²) in [5.74, 6) is 1.11. The van der Waals surface area contributed by atoms with Crippen molar-refractivity contribution < 1.29 is 9.84 Å². The van der Waals surface area contributed by atoms with Gasteiger partial charge in [-0.05, 0) is 18.1 Å². The second-order valence-electron chi connectivity index (χ2n) is 3.66. The monoisotopic (exact) mass is 195 g/mol. The van der Waals surface area contributed by atoms with Gasteiger partial charge in [0, 0.05) is 6.04 Å². The third-order valence-electron chi connectivity index (χ3n) is 2.31. The third kappa shape index (κ3) is 1.99. The fourth-order valence-electron chi connectivity index (χ4n) is 1.38. The van der Waals surface area contributed by atoms with Crippen LogP contribution in [0.2, 0.25) is 0 Å². The summed E-state index contributed by atoms with van der Waals surface area (Å²) in [5, 5.41) is 9.68. The Kier molecular flexibility index (Phi) is 3.36. The van der Waals surface area contributed by atoms with Gasteiger partial charge in [-0.2, -0.15) is 0 Å². The summed E-state index contributed by atoms with van der Waals surface area (Å²) in [6, 6.07) is 4.97. The number of nitrogens with two attached hydrogens (primary N) is 1. The number of phenols is 1. The molecule has 0 saturated heterocycles. The molecule has 0 aromatic heterocycles. The van der Waals surface area contributed by atoms with Crippen LogP contribution in [-0.2, 0) is 0 Å². The van der Waals surface area contributed by atoms with Crippen LogP contribution in [0, 0.1) is 5.92 Å². The largest absolute Gasteiger partial charge is 0.507 e. The van der Waals surface area contributed by atoms with Crippen LogP contribution in [-0.4, -0.2) is 12.2 Å². The predicted molar refractivity (Wildman–Crippen MR) is 56.4 cm³/mol. The van der Waals surface area contributed by atoms with E-state index >= 15 is 0 Å². The van der Waals surface area contributed by atoms with Crippen LogP contribution >= 0.6 is 0 Å². The van der Waals surface area contributed by atoms with E-state index in [-0.39, 0.29) is 17.7 Å². The summed E-state index contributed by atoms with van der Waals surface area (Å²) >= 11 is 0. The van der Waals surface area contributed by atoms with Gasteiger partial charge in [0.05, 0.1) is 12.7 Å². The van der Waals surface area contributed by atoms with Crippen LogP contribution in [0.3, 0.4) is 0 Å². The molecule has 1 aromatic carbocycles. The molecule has 0 heterocycles. The van der Waals surface area contributed by atoms with Gasteiger partial charge in [-0.3, -0.25) is 0 Å². The van der Waals surface area contributed by atoms with Crippen molar-refractivity contribution >= 4 is 0 Å². The molecule has 0 aliphatic rings. The molecule has 0 saturated carbocycles. The van der Waals surface area contributed by atoms with Gasteiger partial charge in [-0.15, -0.1) is 0 Å². The SMILES string of the molecule is COc1cccc(O)c1[C@@H](N)C(C)C. The summed E-state index contributed by atoms with van der Waals surface area (Å²) in [6.07, 6.45) is 0. The Labute approximate surface area is 84.5 Å². The lowest BCUT2D eigenvalue weighted by Crippen LogP contribution is -2.17. The molecule has 0 unspecified atom stereocenters. The number of rotatable bonds is 3. The lowest BCUT2D eigenvalue weighted by molar-refractivity contribution is 0.380. The number of aromatic hydroxyl groups is 1. The van der Waals surface area contributed by atoms with Gasteiger partial charge >= 0.3 is 0 Å². The summed E-state index contributed by atoms with van der Waals surface area (Å²) in [4.78, 5) is 0. The van der Waals surface area contributed by atoms with Crippen molar-refractivity contribution in [2.24, 2.45) is 11.7 Å². The Bertz CT molecular complexity index is 310. The smallest absolute Gasteiger partial charge is 0.127 e. The van der Waals surface area contributed by atoms with Crippen molar-refractivity contribution in [2.45, 2.75) is 19.9 Å². The van der Waals surface area contributed by atoms with Crippen molar-refractivity contribution in [1.82, 2.24) is 0 Å². The molecular formula is C11H17NO2. The van der Waals surface area contributed by atoms with Gasteiger partial charge in [-0.1, -0.05) is 19.9 Å². The highest BCUT2D eigenvalue weighted by molar-refractivity contribution is 5.46. The standard InChI is InChI=1S/C11H17NO2/c1-7(2)11(12)10-8(13)5-4-6-9(10)14-3/h4-7,11,13H,12H2,1-3H3/t11-/m0/s1. The normalized spacial score (nSPS) is 12.9. The molecule has 14 heavy (non-hydrogen) atoms. The molecule has 78 valence electrons. The molecule has 0 radical (unpaired) electrons. The minimum atomic E-state index is -0.203. The predicted octanol–water partition coefficient (Wildman–Crippen LogP) is 2.06. The maximum atomic E-state index is 9.68. The fourth-order valence-corrected chi connectivity index (χ4v) is 1.38. The second kappa shape index (κ2) is 4.33. The highest BCUT2D eigenvalue weighted by Crippen LogP contribution is 2.34. The van der Waals surface area contributed by atoms with E-state index in [2.05, 4.69) is 0 Å². The van der Waals surface area contributed by atoms with E-state index in [1.165, 1.54) is 0 Å². The van der Waals surface area contributed by atoms with Gasteiger partial charge in [-0.25, -0.2) is 0 Å². The van der Waals surface area contributed by atoms with E-state index in [1.807, 2.05) is 13.8 Å². The van der Waals surface area contributed by atoms with Crippen LogP contribution in [0.15, 0.2) is 18.2 Å². The molecule has 3 N–H and O–H groups in total. The maximum Gasteiger partial charge on any atom is 0.127 e. The van der Waals surface area contributed by atoms with Gasteiger partial charge < -0.3 is 15.6 Å². The molecule has 1 rings (SSSR count). The third-order valence-corrected chi connectivity index (χ3v) is 2.31. The fraction of sp³-hybridized carbons (Fsp3) is 0.455. The number of ether oxygens (including phenoxy) is 1. The zero-order valence-electron chi connectivity index (χ0n) is 8.82. The van der Waals surface area contributed by atoms with E-state index in [9.17, 15) is 5.11 Å². The van der Waals surface area contributed by atoms with E-state index in [1.54, 1.807) is 25.3 Å². The first-order valence-corrected chi connectivity index (χ1v) is 4.69. The van der Waals surface area contributed by atoms with Gasteiger partial charge in [0.25, 0.3) is 0 Å². The second-order valence-corrected chi connectivity index (χ2v) is 3.66. The molecule has 0 fully saturated rings. The van der Waals surface area contributed by atoms with E-state index in [0.717, 1.165) is 0 Å². The average Bonchev–Trinajstić information content (AvgIpc) is 2.16. The van der Waals surface area contributed by atoms with Crippen molar-refractivity contribution in [3.63, 3.8) is 0 Å². The zero-order chi connectivity index (χ0) is 10.7. The Balaban J connectivity index is 3.16. The first kappa shape index (κ1) is 10.9. The highest BCUT2D eigenvalue weighted by atomic mass is 16.5. The maximum absolute atomic E-state index is 9.68. The van der Waals surface area contributed by atoms with Crippen LogP contribution in [0.25, 0.3) is 0 Å². The molecule has 3 nitrogen and oxygen atoms in total. The lowest BCUT2D eigenvalue weighted by Gasteiger charge is -2.19. The Hall–Kier alpha value is -1.22. The average molecular weight is 195 g/mol. The Morgan fingerprint density at radius 1 is 1.36 bits per heavy atom. The summed E-state index contributed by atoms with van der Waals surface area (Å²) < 4.78 is 5.16. The zero-order valence-corrected chi connectivity index (χ0v) is 8.82. The van der Waals surface area contributed by atoms with Crippen LogP contribution in [0.1, 0.15) is 25.5 Å². The number of hydrogen-bond acceptors (Lipinski definition) is 3. The summed E-state index contributed by atoms with van der Waals surface area (Å²) in [6.45, 7) is 4.02. The molecule has 1 aromatic rings. The summed E-state index contributed by atoms with van der Waals surface area (Å²) in [5.41, 5.74) is 6.66. The first-order chi connectivity index (χ1) is 6.57. The van der Waals surface area contributed by atoms with Crippen LogP contribution < -0.4 is 10.5 Å². The van der Waals surface area contributed by atoms with Crippen molar-refractivity contribution in [3.8, 4) is 11.5 Å². The lowest BCUT2D eigenvalue weighted by atomic mass is 9.95. The number of hydrogen-bond donors (Lipinski definition) is 2. The number of benzene rings is 1.